The molecule has 2 aromatic heterocycles. The molecule has 7 nitrogen and oxygen atoms in total. The molecule has 32 heavy (non-hydrogen) atoms. The summed E-state index contributed by atoms with van der Waals surface area (Å²) >= 11 is 0. The van der Waals surface area contributed by atoms with Gasteiger partial charge in [0.2, 0.25) is 0 Å². The van der Waals surface area contributed by atoms with Gasteiger partial charge < -0.3 is 25.1 Å². The van der Waals surface area contributed by atoms with Crippen LogP contribution in [0.4, 0.5) is 4.39 Å². The molecule has 1 aliphatic heterocycles. The lowest BCUT2D eigenvalue weighted by molar-refractivity contribution is 0.0372. The van der Waals surface area contributed by atoms with Gasteiger partial charge in [-0.15, -0.1) is 0 Å². The molecule has 0 spiro atoms. The summed E-state index contributed by atoms with van der Waals surface area (Å²) in [5, 5.41) is 22.2. The van der Waals surface area contributed by atoms with Crippen LogP contribution in [-0.2, 0) is 19.4 Å². The van der Waals surface area contributed by atoms with Crippen molar-refractivity contribution in [3.63, 3.8) is 0 Å². The van der Waals surface area contributed by atoms with E-state index in [0.717, 1.165) is 43.5 Å². The Balaban J connectivity index is 1.48. The van der Waals surface area contributed by atoms with E-state index >= 15 is 0 Å². The fourth-order valence-electron chi connectivity index (χ4n) is 5.17. The highest BCUT2D eigenvalue weighted by Crippen LogP contribution is 2.41. The summed E-state index contributed by atoms with van der Waals surface area (Å²) in [5.74, 6) is 0.220. The maximum atomic E-state index is 14.7. The lowest BCUT2D eigenvalue weighted by Gasteiger charge is -2.25. The standard InChI is InChI=1S/C24H28FN5O2/c1-3-14-6-15-4-5-27-10-16(15)20(7-14)32-21-8-19(13(2)23(21)31)30-11-17(25)22-18(9-26)28-12-29-24(22)30/h6-7,9,11-13,19,21,23,26-27,31H,3-5,8,10H2,1-2H3/t13-,19+,21-,23-/m0/s1. The van der Waals surface area contributed by atoms with Crippen molar-refractivity contribution < 1.29 is 14.2 Å². The van der Waals surface area contributed by atoms with Crippen molar-refractivity contribution in [3.8, 4) is 5.75 Å². The first kappa shape index (κ1) is 21.0. The third-order valence-corrected chi connectivity index (χ3v) is 7.01. The van der Waals surface area contributed by atoms with Gasteiger partial charge in [-0.05, 0) is 36.6 Å². The highest BCUT2D eigenvalue weighted by atomic mass is 19.1. The van der Waals surface area contributed by atoms with Gasteiger partial charge in [-0.2, -0.15) is 0 Å². The van der Waals surface area contributed by atoms with Crippen molar-refractivity contribution in [1.82, 2.24) is 19.9 Å². The summed E-state index contributed by atoms with van der Waals surface area (Å²) < 4.78 is 23.0. The molecular formula is C24H28FN5O2. The minimum absolute atomic E-state index is 0.156. The number of nitrogens with one attached hydrogen (secondary N) is 2. The first-order valence-corrected chi connectivity index (χ1v) is 11.2. The SMILES string of the molecule is CCc1cc2c(c(O[C@H]3C[C@@H](n4cc(F)c5c(C=N)ncnc54)[C@H](C)[C@@H]3O)c1)CNCC2. The van der Waals surface area contributed by atoms with Crippen molar-refractivity contribution >= 4 is 17.2 Å². The van der Waals surface area contributed by atoms with Gasteiger partial charge in [-0.1, -0.05) is 19.9 Å². The van der Waals surface area contributed by atoms with Gasteiger partial charge in [0, 0.05) is 42.9 Å². The third-order valence-electron chi connectivity index (χ3n) is 7.01. The third kappa shape index (κ3) is 3.38. The van der Waals surface area contributed by atoms with Crippen LogP contribution in [0.2, 0.25) is 0 Å². The number of aliphatic hydroxyl groups is 1. The number of rotatable bonds is 5. The van der Waals surface area contributed by atoms with E-state index in [2.05, 4.69) is 34.3 Å². The van der Waals surface area contributed by atoms with Gasteiger partial charge in [0.1, 0.15) is 23.8 Å². The van der Waals surface area contributed by atoms with Crippen molar-refractivity contribution in [2.75, 3.05) is 6.54 Å². The molecule has 1 aliphatic carbocycles. The summed E-state index contributed by atoms with van der Waals surface area (Å²) in [6.45, 7) is 5.80. The Bertz CT molecular complexity index is 1180. The molecule has 3 N–H and O–H groups in total. The number of aliphatic hydroxyl groups excluding tert-OH is 1. The van der Waals surface area contributed by atoms with Crippen LogP contribution >= 0.6 is 0 Å². The molecule has 4 atom stereocenters. The maximum absolute atomic E-state index is 14.7. The quantitative estimate of drug-likeness (QED) is 0.533. The van der Waals surface area contributed by atoms with Crippen LogP contribution in [-0.4, -0.2) is 44.6 Å². The molecule has 0 bridgehead atoms. The van der Waals surface area contributed by atoms with E-state index in [0.29, 0.717) is 12.1 Å². The number of halogens is 1. The smallest absolute Gasteiger partial charge is 0.152 e. The lowest BCUT2D eigenvalue weighted by atomic mass is 9.96. The Morgan fingerprint density at radius 1 is 1.38 bits per heavy atom. The molecule has 3 heterocycles. The zero-order chi connectivity index (χ0) is 22.4. The summed E-state index contributed by atoms with van der Waals surface area (Å²) in [5.41, 5.74) is 4.39. The lowest BCUT2D eigenvalue weighted by Crippen LogP contribution is -2.31. The fourth-order valence-corrected chi connectivity index (χ4v) is 5.17. The van der Waals surface area contributed by atoms with Crippen LogP contribution in [0.5, 0.6) is 5.75 Å². The number of hydrogen-bond acceptors (Lipinski definition) is 6. The van der Waals surface area contributed by atoms with E-state index in [-0.39, 0.29) is 23.0 Å². The molecular weight excluding hydrogens is 409 g/mol. The zero-order valence-corrected chi connectivity index (χ0v) is 18.3. The summed E-state index contributed by atoms with van der Waals surface area (Å²) in [6.07, 6.45) is 5.12. The van der Waals surface area contributed by atoms with Gasteiger partial charge in [-0.25, -0.2) is 14.4 Å². The first-order chi connectivity index (χ1) is 15.5. The number of aromatic nitrogens is 3. The molecule has 1 saturated carbocycles. The Hall–Kier alpha value is -2.84. The average molecular weight is 438 g/mol. The predicted octanol–water partition coefficient (Wildman–Crippen LogP) is 3.17. The van der Waals surface area contributed by atoms with E-state index in [1.165, 1.54) is 23.7 Å². The molecule has 0 amide bonds. The maximum Gasteiger partial charge on any atom is 0.152 e. The topological polar surface area (TPSA) is 96.1 Å². The molecule has 3 aromatic rings. The van der Waals surface area contributed by atoms with Crippen LogP contribution in [0.3, 0.4) is 0 Å². The summed E-state index contributed by atoms with van der Waals surface area (Å²) in [6, 6.07) is 4.17. The van der Waals surface area contributed by atoms with Crippen LogP contribution < -0.4 is 10.1 Å². The number of fused-ring (bicyclic) bond motifs is 2. The number of benzene rings is 1. The van der Waals surface area contributed by atoms with Crippen molar-refractivity contribution in [3.05, 3.63) is 52.9 Å². The van der Waals surface area contributed by atoms with Crippen LogP contribution in [0.15, 0.2) is 24.7 Å². The first-order valence-electron chi connectivity index (χ1n) is 11.2. The second-order valence-electron chi connectivity index (χ2n) is 8.81. The predicted molar refractivity (Wildman–Crippen MR) is 120 cm³/mol. The number of ether oxygens (including phenoxy) is 1. The normalized spacial score (nSPS) is 25.1. The second-order valence-corrected chi connectivity index (χ2v) is 8.81. The van der Waals surface area contributed by atoms with Gasteiger partial charge in [0.25, 0.3) is 0 Å². The number of aryl methyl sites for hydroxylation is 1. The molecule has 168 valence electrons. The molecule has 1 fully saturated rings. The molecule has 2 aliphatic rings. The van der Waals surface area contributed by atoms with E-state index in [4.69, 9.17) is 10.1 Å². The molecule has 5 rings (SSSR count). The molecule has 1 aromatic carbocycles. The average Bonchev–Trinajstić information content (AvgIpc) is 3.30. The summed E-state index contributed by atoms with van der Waals surface area (Å²) in [7, 11) is 0. The Labute approximate surface area is 186 Å². The van der Waals surface area contributed by atoms with E-state index < -0.39 is 18.0 Å². The number of nitrogens with zero attached hydrogens (tertiary/aromatic N) is 3. The van der Waals surface area contributed by atoms with Crippen LogP contribution in [0, 0.1) is 17.1 Å². The summed E-state index contributed by atoms with van der Waals surface area (Å²) in [4.78, 5) is 8.28. The van der Waals surface area contributed by atoms with Crippen molar-refractivity contribution in [2.45, 2.75) is 57.9 Å². The minimum atomic E-state index is -0.693. The van der Waals surface area contributed by atoms with Crippen molar-refractivity contribution in [2.24, 2.45) is 5.92 Å². The fraction of sp³-hybridized carbons (Fsp3) is 0.458. The van der Waals surface area contributed by atoms with E-state index in [1.54, 1.807) is 4.57 Å². The molecule has 0 unspecified atom stereocenters. The number of hydrogen-bond donors (Lipinski definition) is 3. The Morgan fingerprint density at radius 3 is 3.00 bits per heavy atom. The highest BCUT2D eigenvalue weighted by Gasteiger charge is 2.43. The molecule has 8 heteroatoms. The largest absolute Gasteiger partial charge is 0.487 e. The Morgan fingerprint density at radius 2 is 2.22 bits per heavy atom. The zero-order valence-electron chi connectivity index (χ0n) is 18.3. The second kappa shape index (κ2) is 8.26. The molecule has 0 radical (unpaired) electrons. The van der Waals surface area contributed by atoms with Gasteiger partial charge >= 0.3 is 0 Å². The van der Waals surface area contributed by atoms with Gasteiger partial charge in [0.05, 0.1) is 17.2 Å². The Kier molecular flexibility index (Phi) is 5.43. The monoisotopic (exact) mass is 437 g/mol. The molecule has 0 saturated heterocycles. The van der Waals surface area contributed by atoms with Crippen LogP contribution in [0.1, 0.15) is 48.7 Å². The van der Waals surface area contributed by atoms with Gasteiger partial charge in [0.15, 0.2) is 5.82 Å². The van der Waals surface area contributed by atoms with E-state index in [1.807, 2.05) is 6.92 Å². The van der Waals surface area contributed by atoms with Gasteiger partial charge in [-0.3, -0.25) is 0 Å². The van der Waals surface area contributed by atoms with Crippen LogP contribution in [0.25, 0.3) is 11.0 Å². The minimum Gasteiger partial charge on any atom is -0.487 e. The highest BCUT2D eigenvalue weighted by molar-refractivity contribution is 5.94. The van der Waals surface area contributed by atoms with E-state index in [9.17, 15) is 9.50 Å². The van der Waals surface area contributed by atoms with Crippen molar-refractivity contribution in [1.29, 1.82) is 5.41 Å².